The van der Waals surface area contributed by atoms with Crippen LogP contribution in [0.5, 0.6) is 0 Å². The lowest BCUT2D eigenvalue weighted by Crippen LogP contribution is -2.44. The third-order valence-corrected chi connectivity index (χ3v) is 2.11. The van der Waals surface area contributed by atoms with Crippen molar-refractivity contribution in [1.29, 1.82) is 0 Å². The number of ketones is 2. The second-order valence-electron chi connectivity index (χ2n) is 2.97. The van der Waals surface area contributed by atoms with E-state index >= 15 is 0 Å². The summed E-state index contributed by atoms with van der Waals surface area (Å²) in [5.41, 5.74) is 0. The first-order chi connectivity index (χ1) is 5.66. The number of rotatable bonds is 3. The Balaban J connectivity index is 2.63. The maximum Gasteiger partial charge on any atom is 0.151 e. The van der Waals surface area contributed by atoms with E-state index in [4.69, 9.17) is 0 Å². The minimum atomic E-state index is -0.322. The molecule has 0 bridgehead atoms. The molecule has 2 unspecified atom stereocenters. The van der Waals surface area contributed by atoms with E-state index in [-0.39, 0.29) is 23.7 Å². The third-order valence-electron chi connectivity index (χ3n) is 2.11. The Kier molecular flexibility index (Phi) is 2.94. The summed E-state index contributed by atoms with van der Waals surface area (Å²) in [6.07, 6.45) is 0.475. The molecule has 4 heteroatoms. The molecule has 0 aromatic heterocycles. The van der Waals surface area contributed by atoms with Gasteiger partial charge in [0.1, 0.15) is 5.78 Å². The molecule has 4 nitrogen and oxygen atoms in total. The van der Waals surface area contributed by atoms with Crippen molar-refractivity contribution in [3.05, 3.63) is 0 Å². The van der Waals surface area contributed by atoms with Crippen LogP contribution in [0.2, 0.25) is 0 Å². The zero-order valence-electron chi connectivity index (χ0n) is 7.39. The number of hydrogen-bond donors (Lipinski definition) is 2. The quantitative estimate of drug-likeness (QED) is 0.596. The molecule has 1 aliphatic heterocycles. The Bertz CT molecular complexity index is 203. The highest BCUT2D eigenvalue weighted by molar-refractivity contribution is 5.93. The molecule has 2 atom stereocenters. The molecule has 0 radical (unpaired) electrons. The summed E-state index contributed by atoms with van der Waals surface area (Å²) < 4.78 is 0. The van der Waals surface area contributed by atoms with Gasteiger partial charge in [0.25, 0.3) is 0 Å². The highest BCUT2D eigenvalue weighted by Gasteiger charge is 2.33. The van der Waals surface area contributed by atoms with Crippen molar-refractivity contribution in [2.45, 2.75) is 32.4 Å². The molecule has 1 rings (SSSR count). The Morgan fingerprint density at radius 3 is 2.42 bits per heavy atom. The van der Waals surface area contributed by atoms with Crippen LogP contribution in [0, 0.1) is 0 Å². The fraction of sp³-hybridized carbons (Fsp3) is 0.750. The van der Waals surface area contributed by atoms with Crippen molar-refractivity contribution in [3.8, 4) is 0 Å². The van der Waals surface area contributed by atoms with Crippen LogP contribution >= 0.6 is 0 Å². The summed E-state index contributed by atoms with van der Waals surface area (Å²) >= 11 is 0. The molecular formula is C8H14N2O2. The van der Waals surface area contributed by atoms with Crippen LogP contribution < -0.4 is 10.6 Å². The van der Waals surface area contributed by atoms with Crippen LogP contribution in [-0.2, 0) is 9.59 Å². The third kappa shape index (κ3) is 1.70. The summed E-state index contributed by atoms with van der Waals surface area (Å²) in [4.78, 5) is 22.3. The molecule has 12 heavy (non-hydrogen) atoms. The molecular weight excluding hydrogens is 156 g/mol. The lowest BCUT2D eigenvalue weighted by molar-refractivity contribution is -0.125. The molecule has 1 heterocycles. The first kappa shape index (κ1) is 9.35. The molecule has 0 spiro atoms. The lowest BCUT2D eigenvalue weighted by atomic mass is 10.0. The van der Waals surface area contributed by atoms with Gasteiger partial charge in [0, 0.05) is 13.1 Å². The van der Waals surface area contributed by atoms with Gasteiger partial charge in [0.2, 0.25) is 0 Å². The predicted molar refractivity (Wildman–Crippen MR) is 44.7 cm³/mol. The van der Waals surface area contributed by atoms with Gasteiger partial charge in [-0.25, -0.2) is 0 Å². The van der Waals surface area contributed by atoms with Gasteiger partial charge in [-0.3, -0.25) is 20.2 Å². The Morgan fingerprint density at radius 1 is 1.33 bits per heavy atom. The van der Waals surface area contributed by atoms with Crippen LogP contribution in [0.15, 0.2) is 0 Å². The van der Waals surface area contributed by atoms with Gasteiger partial charge in [0.05, 0.1) is 12.1 Å². The van der Waals surface area contributed by atoms with Gasteiger partial charge in [-0.2, -0.15) is 0 Å². The van der Waals surface area contributed by atoms with Crippen molar-refractivity contribution >= 4 is 11.6 Å². The standard InChI is InChI=1S/C8H14N2O2/c1-3-6(12)8-7(5(2)11)9-4-10-8/h7-10H,3-4H2,1-2H3. The maximum atomic E-state index is 11.3. The minimum Gasteiger partial charge on any atom is -0.298 e. The number of hydrogen-bond acceptors (Lipinski definition) is 4. The van der Waals surface area contributed by atoms with Gasteiger partial charge in [-0.15, -0.1) is 0 Å². The average molecular weight is 170 g/mol. The van der Waals surface area contributed by atoms with Crippen LogP contribution in [0.1, 0.15) is 20.3 Å². The molecule has 0 aromatic carbocycles. The van der Waals surface area contributed by atoms with E-state index in [9.17, 15) is 9.59 Å². The topological polar surface area (TPSA) is 58.2 Å². The highest BCUT2D eigenvalue weighted by atomic mass is 16.1. The molecule has 0 aromatic rings. The minimum absolute atomic E-state index is 0.0202. The number of nitrogens with one attached hydrogen (secondary N) is 2. The van der Waals surface area contributed by atoms with E-state index < -0.39 is 0 Å². The second-order valence-corrected chi connectivity index (χ2v) is 2.97. The smallest absolute Gasteiger partial charge is 0.151 e. The van der Waals surface area contributed by atoms with Crippen molar-refractivity contribution in [1.82, 2.24) is 10.6 Å². The van der Waals surface area contributed by atoms with Crippen molar-refractivity contribution < 1.29 is 9.59 Å². The summed E-state index contributed by atoms with van der Waals surface area (Å²) in [6, 6.07) is -0.634. The molecule has 1 aliphatic rings. The van der Waals surface area contributed by atoms with E-state index in [1.54, 1.807) is 6.92 Å². The SMILES string of the molecule is CCC(=O)C1NCNC1C(C)=O. The zero-order valence-corrected chi connectivity index (χ0v) is 7.39. The van der Waals surface area contributed by atoms with Gasteiger partial charge >= 0.3 is 0 Å². The summed E-state index contributed by atoms with van der Waals surface area (Å²) in [7, 11) is 0. The number of carbonyl (C=O) groups is 2. The summed E-state index contributed by atoms with van der Waals surface area (Å²) in [6.45, 7) is 3.85. The van der Waals surface area contributed by atoms with Crippen LogP contribution in [0.25, 0.3) is 0 Å². The van der Waals surface area contributed by atoms with E-state index in [0.29, 0.717) is 13.1 Å². The monoisotopic (exact) mass is 170 g/mol. The van der Waals surface area contributed by atoms with Crippen molar-refractivity contribution in [2.24, 2.45) is 0 Å². The van der Waals surface area contributed by atoms with Gasteiger partial charge in [0.15, 0.2) is 5.78 Å². The first-order valence-electron chi connectivity index (χ1n) is 4.16. The fourth-order valence-electron chi connectivity index (χ4n) is 1.41. The normalized spacial score (nSPS) is 28.8. The summed E-state index contributed by atoms with van der Waals surface area (Å²) in [5.74, 6) is 0.118. The number of Topliss-reactive ketones (excluding diaryl/α,β-unsaturated/α-hetero) is 2. The van der Waals surface area contributed by atoms with E-state index in [0.717, 1.165) is 0 Å². The Morgan fingerprint density at radius 2 is 1.92 bits per heavy atom. The predicted octanol–water partition coefficient (Wildman–Crippen LogP) is -0.558. The van der Waals surface area contributed by atoms with E-state index in [1.807, 2.05) is 0 Å². The first-order valence-corrected chi connectivity index (χ1v) is 4.16. The van der Waals surface area contributed by atoms with E-state index in [1.165, 1.54) is 6.92 Å². The van der Waals surface area contributed by atoms with Gasteiger partial charge in [-0.05, 0) is 6.92 Å². The molecule has 2 N–H and O–H groups in total. The molecule has 68 valence electrons. The Hall–Kier alpha value is -0.740. The largest absolute Gasteiger partial charge is 0.298 e. The van der Waals surface area contributed by atoms with Crippen molar-refractivity contribution in [2.75, 3.05) is 6.67 Å². The fourth-order valence-corrected chi connectivity index (χ4v) is 1.41. The van der Waals surface area contributed by atoms with Crippen LogP contribution in [0.4, 0.5) is 0 Å². The average Bonchev–Trinajstić information content (AvgIpc) is 2.50. The molecule has 1 fully saturated rings. The van der Waals surface area contributed by atoms with Crippen molar-refractivity contribution in [3.63, 3.8) is 0 Å². The molecule has 0 saturated carbocycles. The molecule has 0 aliphatic carbocycles. The Labute approximate surface area is 71.7 Å². The second kappa shape index (κ2) is 3.78. The highest BCUT2D eigenvalue weighted by Crippen LogP contribution is 2.04. The maximum absolute atomic E-state index is 11.3. The van der Waals surface area contributed by atoms with Crippen LogP contribution in [-0.4, -0.2) is 30.3 Å². The van der Waals surface area contributed by atoms with Gasteiger partial charge in [-0.1, -0.05) is 6.92 Å². The molecule has 0 amide bonds. The zero-order chi connectivity index (χ0) is 9.14. The molecule has 1 saturated heterocycles. The van der Waals surface area contributed by atoms with Gasteiger partial charge < -0.3 is 0 Å². The number of carbonyl (C=O) groups excluding carboxylic acids is 2. The lowest BCUT2D eigenvalue weighted by Gasteiger charge is -2.13. The van der Waals surface area contributed by atoms with Crippen LogP contribution in [0.3, 0.4) is 0 Å². The summed E-state index contributed by atoms with van der Waals surface area (Å²) in [5, 5.41) is 5.90. The van der Waals surface area contributed by atoms with E-state index in [2.05, 4.69) is 10.6 Å².